The van der Waals surface area contributed by atoms with Crippen LogP contribution in [0.1, 0.15) is 23.1 Å². The van der Waals surface area contributed by atoms with Crippen molar-refractivity contribution >= 4 is 27.5 Å². The van der Waals surface area contributed by atoms with Crippen LogP contribution >= 0.6 is 27.5 Å². The highest BCUT2D eigenvalue weighted by Crippen LogP contribution is 2.33. The zero-order valence-corrected chi connectivity index (χ0v) is 12.6. The number of nitrogens with two attached hydrogens (primary N) is 1. The van der Waals surface area contributed by atoms with Crippen molar-refractivity contribution in [2.75, 3.05) is 6.54 Å². The van der Waals surface area contributed by atoms with Crippen LogP contribution in [0.5, 0.6) is 0 Å². The summed E-state index contributed by atoms with van der Waals surface area (Å²) in [6.07, 6.45) is -0.678. The summed E-state index contributed by atoms with van der Waals surface area (Å²) in [7, 11) is 0. The Balaban J connectivity index is 2.33. The molecule has 0 aliphatic carbocycles. The second kappa shape index (κ2) is 6.53. The van der Waals surface area contributed by atoms with Crippen molar-refractivity contribution in [2.45, 2.75) is 12.0 Å². The zero-order chi connectivity index (χ0) is 13.8. The molecule has 0 radical (unpaired) electrons. The van der Waals surface area contributed by atoms with E-state index in [0.29, 0.717) is 11.6 Å². The molecule has 4 heteroatoms. The van der Waals surface area contributed by atoms with Gasteiger partial charge in [0, 0.05) is 22.0 Å². The van der Waals surface area contributed by atoms with Gasteiger partial charge in [0.25, 0.3) is 0 Å². The molecule has 0 spiro atoms. The molecule has 0 heterocycles. The summed E-state index contributed by atoms with van der Waals surface area (Å²) in [4.78, 5) is 0. The van der Waals surface area contributed by atoms with Gasteiger partial charge in [0.05, 0.1) is 6.10 Å². The van der Waals surface area contributed by atoms with Gasteiger partial charge in [-0.15, -0.1) is 0 Å². The average molecular weight is 341 g/mol. The minimum atomic E-state index is -0.678. The van der Waals surface area contributed by atoms with Crippen molar-refractivity contribution in [3.05, 3.63) is 69.2 Å². The van der Waals surface area contributed by atoms with Gasteiger partial charge < -0.3 is 10.8 Å². The lowest BCUT2D eigenvalue weighted by Gasteiger charge is -2.22. The van der Waals surface area contributed by atoms with Crippen molar-refractivity contribution in [3.63, 3.8) is 0 Å². The molecular weight excluding hydrogens is 326 g/mol. The maximum Gasteiger partial charge on any atom is 0.0871 e. The molecule has 0 saturated heterocycles. The summed E-state index contributed by atoms with van der Waals surface area (Å²) in [6, 6.07) is 15.2. The van der Waals surface area contributed by atoms with Crippen LogP contribution in [0.2, 0.25) is 5.02 Å². The van der Waals surface area contributed by atoms with Crippen molar-refractivity contribution in [1.29, 1.82) is 0 Å². The molecular formula is C15H15BrClNO. The molecule has 0 aliphatic rings. The van der Waals surface area contributed by atoms with E-state index in [9.17, 15) is 5.11 Å². The molecule has 0 aromatic heterocycles. The molecule has 19 heavy (non-hydrogen) atoms. The Morgan fingerprint density at radius 2 is 1.79 bits per heavy atom. The Morgan fingerprint density at radius 3 is 2.37 bits per heavy atom. The molecule has 2 rings (SSSR count). The molecule has 100 valence electrons. The van der Waals surface area contributed by atoms with Gasteiger partial charge in [0.2, 0.25) is 0 Å². The number of hydrogen-bond acceptors (Lipinski definition) is 2. The van der Waals surface area contributed by atoms with Crippen LogP contribution in [0.15, 0.2) is 53.0 Å². The van der Waals surface area contributed by atoms with E-state index < -0.39 is 6.10 Å². The number of aliphatic hydroxyl groups excluding tert-OH is 1. The molecule has 0 bridgehead atoms. The minimum absolute atomic E-state index is 0.147. The Morgan fingerprint density at radius 1 is 1.11 bits per heavy atom. The van der Waals surface area contributed by atoms with Crippen LogP contribution in [-0.4, -0.2) is 11.7 Å². The van der Waals surface area contributed by atoms with Crippen molar-refractivity contribution in [3.8, 4) is 0 Å². The van der Waals surface area contributed by atoms with Crippen LogP contribution in [-0.2, 0) is 0 Å². The predicted octanol–water partition coefficient (Wildman–Crippen LogP) is 3.88. The fraction of sp³-hybridized carbons (Fsp3) is 0.200. The molecule has 2 aromatic rings. The maximum absolute atomic E-state index is 10.5. The van der Waals surface area contributed by atoms with E-state index in [4.69, 9.17) is 17.3 Å². The molecule has 2 nitrogen and oxygen atoms in total. The van der Waals surface area contributed by atoms with Crippen molar-refractivity contribution in [1.82, 2.24) is 0 Å². The zero-order valence-electron chi connectivity index (χ0n) is 10.3. The second-order valence-corrected chi connectivity index (χ2v) is 5.75. The van der Waals surface area contributed by atoms with Crippen LogP contribution in [0.4, 0.5) is 0 Å². The highest BCUT2D eigenvalue weighted by molar-refractivity contribution is 9.10. The molecule has 2 atom stereocenters. The van der Waals surface area contributed by atoms with Gasteiger partial charge in [0.15, 0.2) is 0 Å². The van der Waals surface area contributed by atoms with Crippen LogP contribution < -0.4 is 5.73 Å². The van der Waals surface area contributed by atoms with Crippen LogP contribution in [0.3, 0.4) is 0 Å². The highest BCUT2D eigenvalue weighted by atomic mass is 79.9. The first kappa shape index (κ1) is 14.5. The van der Waals surface area contributed by atoms with E-state index >= 15 is 0 Å². The summed E-state index contributed by atoms with van der Waals surface area (Å²) in [6.45, 7) is 0.370. The Labute approximate surface area is 126 Å². The molecule has 0 aliphatic heterocycles. The topological polar surface area (TPSA) is 46.2 Å². The molecule has 0 fully saturated rings. The third-order valence-electron chi connectivity index (χ3n) is 3.09. The fourth-order valence-corrected chi connectivity index (χ4v) is 3.01. The standard InChI is InChI=1S/C15H15BrClNO/c16-12-6-11(7-13(17)8-12)15(19)14(9-18)10-4-2-1-3-5-10/h1-8,14-15,19H,9,18H2. The highest BCUT2D eigenvalue weighted by Gasteiger charge is 2.21. The summed E-state index contributed by atoms with van der Waals surface area (Å²) in [5, 5.41) is 11.1. The number of hydrogen-bond donors (Lipinski definition) is 2. The first-order valence-electron chi connectivity index (χ1n) is 6.01. The molecule has 2 unspecified atom stereocenters. The van der Waals surface area contributed by atoms with E-state index in [0.717, 1.165) is 15.6 Å². The lowest BCUT2D eigenvalue weighted by molar-refractivity contribution is 0.147. The lowest BCUT2D eigenvalue weighted by Crippen LogP contribution is -2.20. The number of benzene rings is 2. The van der Waals surface area contributed by atoms with E-state index in [2.05, 4.69) is 15.9 Å². The largest absolute Gasteiger partial charge is 0.388 e. The average Bonchev–Trinajstić information content (AvgIpc) is 2.39. The van der Waals surface area contributed by atoms with Gasteiger partial charge in [-0.25, -0.2) is 0 Å². The number of halogens is 2. The Hall–Kier alpha value is -0.870. The SMILES string of the molecule is NCC(c1ccccc1)C(O)c1cc(Cl)cc(Br)c1. The van der Waals surface area contributed by atoms with Crippen LogP contribution in [0.25, 0.3) is 0 Å². The number of rotatable bonds is 4. The smallest absolute Gasteiger partial charge is 0.0871 e. The monoisotopic (exact) mass is 339 g/mol. The second-order valence-electron chi connectivity index (χ2n) is 4.40. The van der Waals surface area contributed by atoms with Crippen molar-refractivity contribution in [2.24, 2.45) is 5.73 Å². The summed E-state index contributed by atoms with van der Waals surface area (Å²) in [5.74, 6) is -0.147. The summed E-state index contributed by atoms with van der Waals surface area (Å²) >= 11 is 9.40. The predicted molar refractivity (Wildman–Crippen MR) is 82.3 cm³/mol. The lowest BCUT2D eigenvalue weighted by atomic mass is 9.89. The summed E-state index contributed by atoms with van der Waals surface area (Å²) < 4.78 is 0.845. The van der Waals surface area contributed by atoms with Gasteiger partial charge in [-0.1, -0.05) is 57.9 Å². The Kier molecular flexibility index (Phi) is 4.99. The van der Waals surface area contributed by atoms with Gasteiger partial charge in [-0.3, -0.25) is 0 Å². The van der Waals surface area contributed by atoms with E-state index in [-0.39, 0.29) is 5.92 Å². The molecule has 3 N–H and O–H groups in total. The molecule has 2 aromatic carbocycles. The normalized spacial score (nSPS) is 14.1. The van der Waals surface area contributed by atoms with E-state index in [1.54, 1.807) is 12.1 Å². The third-order valence-corrected chi connectivity index (χ3v) is 3.77. The van der Waals surface area contributed by atoms with E-state index in [1.807, 2.05) is 36.4 Å². The summed E-state index contributed by atoms with van der Waals surface area (Å²) in [5.41, 5.74) is 7.60. The number of aliphatic hydroxyl groups is 1. The van der Waals surface area contributed by atoms with Gasteiger partial charge in [-0.05, 0) is 29.3 Å². The van der Waals surface area contributed by atoms with Gasteiger partial charge in [-0.2, -0.15) is 0 Å². The maximum atomic E-state index is 10.5. The first-order chi connectivity index (χ1) is 9.11. The first-order valence-corrected chi connectivity index (χ1v) is 7.18. The quantitative estimate of drug-likeness (QED) is 0.887. The Bertz CT molecular complexity index is 527. The fourth-order valence-electron chi connectivity index (χ4n) is 2.13. The van der Waals surface area contributed by atoms with Crippen LogP contribution in [0, 0.1) is 0 Å². The van der Waals surface area contributed by atoms with Gasteiger partial charge >= 0.3 is 0 Å². The van der Waals surface area contributed by atoms with Gasteiger partial charge in [0.1, 0.15) is 0 Å². The molecule has 0 saturated carbocycles. The minimum Gasteiger partial charge on any atom is -0.388 e. The van der Waals surface area contributed by atoms with Crippen molar-refractivity contribution < 1.29 is 5.11 Å². The molecule has 0 amide bonds. The third kappa shape index (κ3) is 3.57. The van der Waals surface area contributed by atoms with E-state index in [1.165, 1.54) is 0 Å².